The third-order valence-electron chi connectivity index (χ3n) is 4.60. The van der Waals surface area contributed by atoms with Crippen LogP contribution < -0.4 is 20.7 Å². The van der Waals surface area contributed by atoms with E-state index in [0.29, 0.717) is 31.6 Å². The van der Waals surface area contributed by atoms with Crippen molar-refractivity contribution < 1.29 is 28.8 Å². The van der Waals surface area contributed by atoms with E-state index in [1.807, 2.05) is 0 Å². The number of methoxy groups -OCH3 is 1. The van der Waals surface area contributed by atoms with E-state index in [2.05, 4.69) is 16.0 Å². The first-order valence-electron chi connectivity index (χ1n) is 9.91. The van der Waals surface area contributed by atoms with Gasteiger partial charge in [0.1, 0.15) is 5.75 Å². The molecule has 0 bridgehead atoms. The van der Waals surface area contributed by atoms with Gasteiger partial charge >= 0.3 is 12.1 Å². The smallest absolute Gasteiger partial charge is 0.407 e. The molecule has 1 aliphatic heterocycles. The fourth-order valence-corrected chi connectivity index (χ4v) is 3.10. The molecule has 3 amide bonds. The third kappa shape index (κ3) is 6.69. The highest BCUT2D eigenvalue weighted by Gasteiger charge is 2.40. The predicted molar refractivity (Wildman–Crippen MR) is 110 cm³/mol. The molecule has 2 rings (SSSR count). The topological polar surface area (TPSA) is 149 Å². The minimum absolute atomic E-state index is 0.110. The van der Waals surface area contributed by atoms with Gasteiger partial charge in [-0.25, -0.2) is 9.59 Å². The van der Waals surface area contributed by atoms with E-state index in [9.17, 15) is 24.5 Å². The number of Topliss-reactive ketones (excluding diaryl/α,β-unsaturated/α-hetero) is 1. The van der Waals surface area contributed by atoms with Gasteiger partial charge in [0.15, 0.2) is 11.8 Å². The van der Waals surface area contributed by atoms with Crippen LogP contribution >= 0.6 is 0 Å². The molecule has 1 unspecified atom stereocenters. The van der Waals surface area contributed by atoms with Crippen molar-refractivity contribution in [1.29, 1.82) is 0 Å². The standard InChI is InChI=1S/C20H26N4O7/c1-3-31-20(27)21-12-6-4-5-7-15-17(24(28)29)16(23-19(26)22-15)18(25)13-8-10-14(30-2)11-9-13/h8-11,16H,3-7,12H2,1-2H3,(H,21,27)(H2,22,23,26). The van der Waals surface area contributed by atoms with Gasteiger partial charge in [-0.3, -0.25) is 14.9 Å². The Bertz CT molecular complexity index is 852. The first-order valence-corrected chi connectivity index (χ1v) is 9.91. The van der Waals surface area contributed by atoms with Crippen LogP contribution in [-0.2, 0) is 4.74 Å². The lowest BCUT2D eigenvalue weighted by Gasteiger charge is -2.24. The molecule has 11 heteroatoms. The van der Waals surface area contributed by atoms with Crippen LogP contribution in [0, 0.1) is 10.1 Å². The van der Waals surface area contributed by atoms with Crippen molar-refractivity contribution in [2.24, 2.45) is 0 Å². The van der Waals surface area contributed by atoms with E-state index in [1.165, 1.54) is 19.2 Å². The Morgan fingerprint density at radius 2 is 1.90 bits per heavy atom. The molecule has 31 heavy (non-hydrogen) atoms. The maximum Gasteiger partial charge on any atom is 0.407 e. The van der Waals surface area contributed by atoms with Gasteiger partial charge in [0, 0.05) is 12.1 Å². The second-order valence-corrected chi connectivity index (χ2v) is 6.70. The fourth-order valence-electron chi connectivity index (χ4n) is 3.10. The Hall–Kier alpha value is -3.63. The van der Waals surface area contributed by atoms with Crippen molar-refractivity contribution in [1.82, 2.24) is 16.0 Å². The molecule has 1 aromatic rings. The maximum absolute atomic E-state index is 12.9. The number of amides is 3. The van der Waals surface area contributed by atoms with Crippen molar-refractivity contribution in [3.05, 3.63) is 51.3 Å². The summed E-state index contributed by atoms with van der Waals surface area (Å²) in [6, 6.07) is 4.05. The molecule has 11 nitrogen and oxygen atoms in total. The van der Waals surface area contributed by atoms with Gasteiger partial charge in [-0.05, 0) is 50.5 Å². The Morgan fingerprint density at radius 3 is 2.52 bits per heavy atom. The number of nitro groups is 1. The molecule has 0 aromatic heterocycles. The predicted octanol–water partition coefficient (Wildman–Crippen LogP) is 2.35. The van der Waals surface area contributed by atoms with Crippen LogP contribution in [0.25, 0.3) is 0 Å². The van der Waals surface area contributed by atoms with Gasteiger partial charge in [0.2, 0.25) is 0 Å². The zero-order valence-electron chi connectivity index (χ0n) is 17.4. The number of nitrogens with one attached hydrogen (secondary N) is 3. The van der Waals surface area contributed by atoms with Crippen molar-refractivity contribution in [2.45, 2.75) is 38.6 Å². The normalized spacial score (nSPS) is 15.5. The molecule has 1 atom stereocenters. The number of alkyl carbamates (subject to hydrolysis) is 1. The van der Waals surface area contributed by atoms with E-state index >= 15 is 0 Å². The summed E-state index contributed by atoms with van der Waals surface area (Å²) in [4.78, 5) is 47.2. The molecule has 0 spiro atoms. The number of hydrogen-bond donors (Lipinski definition) is 3. The molecule has 0 fully saturated rings. The highest BCUT2D eigenvalue weighted by molar-refractivity contribution is 6.04. The number of carbonyl (C=O) groups excluding carboxylic acids is 3. The second kappa shape index (κ2) is 11.5. The van der Waals surface area contributed by atoms with Crippen LogP contribution in [-0.4, -0.2) is 49.1 Å². The van der Waals surface area contributed by atoms with Gasteiger partial charge in [0.25, 0.3) is 5.70 Å². The van der Waals surface area contributed by atoms with Crippen LogP contribution in [0.4, 0.5) is 9.59 Å². The summed E-state index contributed by atoms with van der Waals surface area (Å²) in [5.41, 5.74) is -0.0410. The van der Waals surface area contributed by atoms with Crippen LogP contribution in [0.1, 0.15) is 43.0 Å². The number of urea groups is 1. The van der Waals surface area contributed by atoms with Crippen LogP contribution in [0.2, 0.25) is 0 Å². The quantitative estimate of drug-likeness (QED) is 0.209. The minimum atomic E-state index is -1.39. The Labute approximate surface area is 179 Å². The molecule has 1 heterocycles. The number of ketones is 1. The third-order valence-corrected chi connectivity index (χ3v) is 4.60. The molecule has 0 saturated heterocycles. The summed E-state index contributed by atoms with van der Waals surface area (Å²) in [6.45, 7) is 2.40. The van der Waals surface area contributed by atoms with Gasteiger partial charge < -0.3 is 25.4 Å². The first-order chi connectivity index (χ1) is 14.9. The van der Waals surface area contributed by atoms with Crippen molar-refractivity contribution >= 4 is 17.9 Å². The second-order valence-electron chi connectivity index (χ2n) is 6.70. The molecule has 1 aliphatic rings. The fraction of sp³-hybridized carbons (Fsp3) is 0.450. The van der Waals surface area contributed by atoms with Gasteiger partial charge in [-0.15, -0.1) is 0 Å². The Balaban J connectivity index is 2.05. The lowest BCUT2D eigenvalue weighted by atomic mass is 9.97. The molecule has 0 aliphatic carbocycles. The largest absolute Gasteiger partial charge is 0.497 e. The van der Waals surface area contributed by atoms with Crippen LogP contribution in [0.3, 0.4) is 0 Å². The number of unbranched alkanes of at least 4 members (excludes halogenated alkanes) is 2. The van der Waals surface area contributed by atoms with E-state index in [1.54, 1.807) is 19.1 Å². The Kier molecular flexibility index (Phi) is 8.79. The van der Waals surface area contributed by atoms with E-state index in [4.69, 9.17) is 9.47 Å². The van der Waals surface area contributed by atoms with E-state index in [-0.39, 0.29) is 30.0 Å². The zero-order chi connectivity index (χ0) is 22.8. The highest BCUT2D eigenvalue weighted by Crippen LogP contribution is 2.22. The number of allylic oxidation sites excluding steroid dienone is 1. The van der Waals surface area contributed by atoms with Crippen molar-refractivity contribution in [3.63, 3.8) is 0 Å². The summed E-state index contributed by atoms with van der Waals surface area (Å²) < 4.78 is 9.80. The van der Waals surface area contributed by atoms with E-state index < -0.39 is 28.9 Å². The lowest BCUT2D eigenvalue weighted by molar-refractivity contribution is -0.430. The monoisotopic (exact) mass is 434 g/mol. The highest BCUT2D eigenvalue weighted by atomic mass is 16.6. The molecule has 0 radical (unpaired) electrons. The SMILES string of the molecule is CCOC(=O)NCCCCCC1=C([N+](=O)[O-])C(C(=O)c2ccc(OC)cc2)NC(=O)N1. The number of rotatable bonds is 11. The number of carbonyl (C=O) groups is 3. The number of hydrogen-bond acceptors (Lipinski definition) is 7. The summed E-state index contributed by atoms with van der Waals surface area (Å²) in [5.74, 6) is -0.0468. The van der Waals surface area contributed by atoms with Gasteiger partial charge in [-0.2, -0.15) is 0 Å². The van der Waals surface area contributed by atoms with Crippen molar-refractivity contribution in [2.75, 3.05) is 20.3 Å². The zero-order valence-corrected chi connectivity index (χ0v) is 17.4. The summed E-state index contributed by atoms with van der Waals surface area (Å²) in [7, 11) is 1.48. The van der Waals surface area contributed by atoms with Crippen LogP contribution in [0.5, 0.6) is 5.75 Å². The van der Waals surface area contributed by atoms with Crippen LogP contribution in [0.15, 0.2) is 35.7 Å². The Morgan fingerprint density at radius 1 is 1.19 bits per heavy atom. The lowest BCUT2D eigenvalue weighted by Crippen LogP contribution is -2.53. The number of benzene rings is 1. The molecule has 0 saturated carbocycles. The van der Waals surface area contributed by atoms with Crippen molar-refractivity contribution in [3.8, 4) is 5.75 Å². The molecule has 3 N–H and O–H groups in total. The summed E-state index contributed by atoms with van der Waals surface area (Å²) in [5, 5.41) is 19.1. The maximum atomic E-state index is 12.9. The molecular formula is C20H26N4O7. The van der Waals surface area contributed by atoms with Gasteiger partial charge in [-0.1, -0.05) is 6.42 Å². The summed E-state index contributed by atoms with van der Waals surface area (Å²) >= 11 is 0. The van der Waals surface area contributed by atoms with Gasteiger partial charge in [0.05, 0.1) is 24.3 Å². The molecule has 168 valence electrons. The average Bonchev–Trinajstić information content (AvgIpc) is 2.75. The average molecular weight is 434 g/mol. The number of ether oxygens (including phenoxy) is 2. The molecular weight excluding hydrogens is 408 g/mol. The summed E-state index contributed by atoms with van der Waals surface area (Å²) in [6.07, 6.45) is 1.55. The number of nitrogens with zero attached hydrogens (tertiary/aromatic N) is 1. The van der Waals surface area contributed by atoms with E-state index in [0.717, 1.165) is 0 Å². The minimum Gasteiger partial charge on any atom is -0.497 e. The first kappa shape index (κ1) is 23.6. The molecule has 1 aromatic carbocycles.